The van der Waals surface area contributed by atoms with Crippen molar-refractivity contribution in [1.29, 1.82) is 0 Å². The summed E-state index contributed by atoms with van der Waals surface area (Å²) in [6, 6.07) is 5.87. The predicted molar refractivity (Wildman–Crippen MR) is 93.8 cm³/mol. The molecule has 0 N–H and O–H groups in total. The van der Waals surface area contributed by atoms with E-state index in [0.717, 1.165) is 50.9 Å². The Morgan fingerprint density at radius 1 is 1.28 bits per heavy atom. The maximum absolute atomic E-state index is 12.5. The summed E-state index contributed by atoms with van der Waals surface area (Å²) >= 11 is 0. The summed E-state index contributed by atoms with van der Waals surface area (Å²) < 4.78 is 12.1. The Morgan fingerprint density at radius 3 is 2.80 bits per heavy atom. The molecule has 2 fully saturated rings. The highest BCUT2D eigenvalue weighted by Gasteiger charge is 2.44. The summed E-state index contributed by atoms with van der Waals surface area (Å²) in [5.74, 6) is 0.494. The average Bonchev–Trinajstić information content (AvgIpc) is 3.32. The second-order valence-corrected chi connectivity index (χ2v) is 7.42. The smallest absolute Gasteiger partial charge is 0.226 e. The molecule has 0 unspecified atom stereocenters. The molecule has 134 valence electrons. The molecular weight excluding hydrogens is 316 g/mol. The first-order valence-electron chi connectivity index (χ1n) is 9.33. The van der Waals surface area contributed by atoms with Gasteiger partial charge in [-0.05, 0) is 37.8 Å². The van der Waals surface area contributed by atoms with Crippen molar-refractivity contribution < 1.29 is 14.3 Å². The van der Waals surface area contributed by atoms with Crippen molar-refractivity contribution >= 4 is 5.91 Å². The fourth-order valence-electron chi connectivity index (χ4n) is 4.16. The van der Waals surface area contributed by atoms with Gasteiger partial charge >= 0.3 is 0 Å². The number of amides is 1. The Morgan fingerprint density at radius 2 is 2.08 bits per heavy atom. The van der Waals surface area contributed by atoms with Crippen molar-refractivity contribution in [3.8, 4) is 0 Å². The molecular formula is C20H26N2O3. The number of rotatable bonds is 4. The van der Waals surface area contributed by atoms with Crippen molar-refractivity contribution in [2.45, 2.75) is 50.4 Å². The third-order valence-corrected chi connectivity index (χ3v) is 5.71. The Balaban J connectivity index is 1.25. The van der Waals surface area contributed by atoms with E-state index in [4.69, 9.17) is 9.47 Å². The summed E-state index contributed by atoms with van der Waals surface area (Å²) in [6.45, 7) is 2.79. The van der Waals surface area contributed by atoms with E-state index in [1.165, 1.54) is 0 Å². The van der Waals surface area contributed by atoms with Gasteiger partial charge < -0.3 is 14.4 Å². The lowest BCUT2D eigenvalue weighted by Crippen LogP contribution is -2.48. The van der Waals surface area contributed by atoms with Gasteiger partial charge in [-0.15, -0.1) is 0 Å². The Kier molecular flexibility index (Phi) is 4.86. The molecule has 5 nitrogen and oxygen atoms in total. The van der Waals surface area contributed by atoms with E-state index < -0.39 is 0 Å². The minimum atomic E-state index is -0.0977. The third-order valence-electron chi connectivity index (χ3n) is 5.71. The molecule has 0 saturated carbocycles. The summed E-state index contributed by atoms with van der Waals surface area (Å²) in [5.41, 5.74) is 0.855. The minimum Gasteiger partial charge on any atom is -0.372 e. The number of aromatic nitrogens is 1. The molecule has 3 aliphatic rings. The quantitative estimate of drug-likeness (QED) is 0.790. The van der Waals surface area contributed by atoms with Gasteiger partial charge in [0.25, 0.3) is 0 Å². The topological polar surface area (TPSA) is 51.7 Å². The third kappa shape index (κ3) is 3.77. The number of carbonyl (C=O) groups is 1. The Bertz CT molecular complexity index is 615. The molecule has 1 spiro atoms. The normalized spacial score (nSPS) is 25.8. The number of nitrogens with zero attached hydrogens (tertiary/aromatic N) is 2. The highest BCUT2D eigenvalue weighted by molar-refractivity contribution is 5.79. The van der Waals surface area contributed by atoms with E-state index in [1.807, 2.05) is 23.1 Å². The number of pyridine rings is 1. The predicted octanol–water partition coefficient (Wildman–Crippen LogP) is 2.71. The van der Waals surface area contributed by atoms with Crippen LogP contribution in [0.2, 0.25) is 0 Å². The van der Waals surface area contributed by atoms with Crippen molar-refractivity contribution in [3.05, 3.63) is 42.2 Å². The zero-order valence-electron chi connectivity index (χ0n) is 14.6. The zero-order valence-corrected chi connectivity index (χ0v) is 14.6. The summed E-state index contributed by atoms with van der Waals surface area (Å²) in [4.78, 5) is 18.9. The molecule has 5 heteroatoms. The highest BCUT2D eigenvalue weighted by Crippen LogP contribution is 2.38. The van der Waals surface area contributed by atoms with Gasteiger partial charge in [0.1, 0.15) is 0 Å². The van der Waals surface area contributed by atoms with Gasteiger partial charge in [0.15, 0.2) is 0 Å². The molecule has 4 rings (SSSR count). The zero-order chi connectivity index (χ0) is 17.1. The molecule has 2 saturated heterocycles. The SMILES string of the molecule is O=C(C1CC=CC1)N1CCC2(CC1)C[C@@H](OCc1ccccn1)CO2. The maximum atomic E-state index is 12.5. The largest absolute Gasteiger partial charge is 0.372 e. The fourth-order valence-corrected chi connectivity index (χ4v) is 4.16. The molecule has 25 heavy (non-hydrogen) atoms. The van der Waals surface area contributed by atoms with Crippen LogP contribution in [-0.2, 0) is 20.9 Å². The van der Waals surface area contributed by atoms with Gasteiger partial charge in [-0.2, -0.15) is 0 Å². The van der Waals surface area contributed by atoms with Gasteiger partial charge in [-0.25, -0.2) is 0 Å². The van der Waals surface area contributed by atoms with Crippen LogP contribution in [0.15, 0.2) is 36.5 Å². The molecule has 1 atom stereocenters. The number of piperidine rings is 1. The average molecular weight is 342 g/mol. The molecule has 0 bridgehead atoms. The van der Waals surface area contributed by atoms with Crippen LogP contribution in [0.4, 0.5) is 0 Å². The molecule has 0 radical (unpaired) electrons. The standard InChI is InChI=1S/C20H26N2O3/c23-19(16-5-1-2-6-16)22-11-8-20(9-12-22)13-18(15-25-20)24-14-17-7-3-4-10-21-17/h1-4,7,10,16,18H,5-6,8-9,11-15H2/t18-/m1/s1. The van der Waals surface area contributed by atoms with Crippen molar-refractivity contribution in [2.24, 2.45) is 5.92 Å². The van der Waals surface area contributed by atoms with Crippen LogP contribution >= 0.6 is 0 Å². The lowest BCUT2D eigenvalue weighted by atomic mass is 9.87. The van der Waals surface area contributed by atoms with Crippen LogP contribution in [-0.4, -0.2) is 47.2 Å². The minimum absolute atomic E-state index is 0.0977. The van der Waals surface area contributed by atoms with E-state index in [-0.39, 0.29) is 17.6 Å². The second-order valence-electron chi connectivity index (χ2n) is 7.42. The van der Waals surface area contributed by atoms with Gasteiger partial charge in [0, 0.05) is 31.6 Å². The molecule has 3 heterocycles. The number of carbonyl (C=O) groups excluding carboxylic acids is 1. The van der Waals surface area contributed by atoms with Crippen LogP contribution < -0.4 is 0 Å². The molecule has 1 aliphatic carbocycles. The molecule has 1 aromatic heterocycles. The van der Waals surface area contributed by atoms with Crippen LogP contribution in [0.1, 0.15) is 37.8 Å². The van der Waals surface area contributed by atoms with E-state index in [1.54, 1.807) is 6.20 Å². The summed E-state index contributed by atoms with van der Waals surface area (Å²) in [5, 5.41) is 0. The van der Waals surface area contributed by atoms with Crippen molar-refractivity contribution in [1.82, 2.24) is 9.88 Å². The first kappa shape index (κ1) is 16.7. The van der Waals surface area contributed by atoms with Gasteiger partial charge in [-0.3, -0.25) is 9.78 Å². The number of hydrogen-bond donors (Lipinski definition) is 0. The fraction of sp³-hybridized carbons (Fsp3) is 0.600. The van der Waals surface area contributed by atoms with Gasteiger partial charge in [0.05, 0.1) is 30.6 Å². The van der Waals surface area contributed by atoms with Crippen LogP contribution in [0.5, 0.6) is 0 Å². The van der Waals surface area contributed by atoms with Crippen molar-refractivity contribution in [3.63, 3.8) is 0 Å². The maximum Gasteiger partial charge on any atom is 0.226 e. The van der Waals surface area contributed by atoms with Crippen LogP contribution in [0, 0.1) is 5.92 Å². The highest BCUT2D eigenvalue weighted by atomic mass is 16.6. The first-order valence-corrected chi connectivity index (χ1v) is 9.33. The Hall–Kier alpha value is -1.72. The summed E-state index contributed by atoms with van der Waals surface area (Å²) in [7, 11) is 0. The van der Waals surface area contributed by atoms with Gasteiger partial charge in [0.2, 0.25) is 5.91 Å². The number of allylic oxidation sites excluding steroid dienone is 2. The van der Waals surface area contributed by atoms with E-state index >= 15 is 0 Å². The molecule has 1 amide bonds. The second kappa shape index (κ2) is 7.26. The van der Waals surface area contributed by atoms with E-state index in [2.05, 4.69) is 17.1 Å². The van der Waals surface area contributed by atoms with Gasteiger partial charge in [-0.1, -0.05) is 18.2 Å². The van der Waals surface area contributed by atoms with E-state index in [9.17, 15) is 4.79 Å². The summed E-state index contributed by atoms with van der Waals surface area (Å²) in [6.07, 6.45) is 10.7. The van der Waals surface area contributed by atoms with Crippen LogP contribution in [0.25, 0.3) is 0 Å². The monoisotopic (exact) mass is 342 g/mol. The number of hydrogen-bond acceptors (Lipinski definition) is 4. The first-order chi connectivity index (χ1) is 12.2. The molecule has 1 aromatic rings. The van der Waals surface area contributed by atoms with Crippen molar-refractivity contribution in [2.75, 3.05) is 19.7 Å². The van der Waals surface area contributed by atoms with Crippen LogP contribution in [0.3, 0.4) is 0 Å². The van der Waals surface area contributed by atoms with E-state index in [0.29, 0.717) is 19.1 Å². The number of likely N-dealkylation sites (tertiary alicyclic amines) is 1. The Labute approximate surface area is 149 Å². The molecule has 2 aliphatic heterocycles. The lowest BCUT2D eigenvalue weighted by Gasteiger charge is -2.39. The number of ether oxygens (including phenoxy) is 2. The lowest BCUT2D eigenvalue weighted by molar-refractivity contribution is -0.139. The molecule has 0 aromatic carbocycles.